The second kappa shape index (κ2) is 17.5. The molecule has 3 aromatic rings. The lowest BCUT2D eigenvalue weighted by Gasteiger charge is -2.29. The molecule has 0 saturated carbocycles. The number of ether oxygens (including phenoxy) is 2. The summed E-state index contributed by atoms with van der Waals surface area (Å²) in [5.41, 5.74) is 3.27. The number of aromatic nitrogens is 2. The number of hydrogen-bond acceptors (Lipinski definition) is 7. The number of nitrogens with zero attached hydrogens (tertiary/aromatic N) is 3. The zero-order valence-electron chi connectivity index (χ0n) is 24.3. The molecule has 0 bridgehead atoms. The van der Waals surface area contributed by atoms with Gasteiger partial charge < -0.3 is 9.47 Å². The van der Waals surface area contributed by atoms with Crippen molar-refractivity contribution in [2.75, 3.05) is 26.0 Å². The SMILES string of the molecule is CCCCS(=O)(=O)N(CCCCc1ccncc1)C(Cc1ccc(OCCCCc2ccncc2)cc1)C(=O)OC. The van der Waals surface area contributed by atoms with Crippen molar-refractivity contribution in [2.45, 2.75) is 70.8 Å². The van der Waals surface area contributed by atoms with E-state index in [4.69, 9.17) is 9.47 Å². The van der Waals surface area contributed by atoms with Crippen LogP contribution in [0.15, 0.2) is 73.3 Å². The minimum atomic E-state index is -3.66. The third kappa shape index (κ3) is 11.2. The number of carbonyl (C=O) groups excluding carboxylic acids is 1. The quantitative estimate of drug-likeness (QED) is 0.138. The first-order chi connectivity index (χ1) is 19.9. The molecule has 0 spiro atoms. The summed E-state index contributed by atoms with van der Waals surface area (Å²) in [7, 11) is -2.35. The number of rotatable bonds is 19. The summed E-state index contributed by atoms with van der Waals surface area (Å²) in [6, 6.07) is 14.6. The van der Waals surface area contributed by atoms with Gasteiger partial charge in [0.05, 0.1) is 19.5 Å². The van der Waals surface area contributed by atoms with Gasteiger partial charge in [0.15, 0.2) is 0 Å². The van der Waals surface area contributed by atoms with Crippen LogP contribution in [0.25, 0.3) is 0 Å². The number of benzene rings is 1. The lowest BCUT2D eigenvalue weighted by molar-refractivity contribution is -0.145. The van der Waals surface area contributed by atoms with Crippen molar-refractivity contribution in [1.29, 1.82) is 0 Å². The Morgan fingerprint density at radius 3 is 1.95 bits per heavy atom. The smallest absolute Gasteiger partial charge is 0.324 e. The van der Waals surface area contributed by atoms with E-state index < -0.39 is 22.0 Å². The van der Waals surface area contributed by atoms with Gasteiger partial charge in [0.25, 0.3) is 0 Å². The Morgan fingerprint density at radius 2 is 1.39 bits per heavy atom. The summed E-state index contributed by atoms with van der Waals surface area (Å²) in [6.45, 7) is 2.83. The van der Waals surface area contributed by atoms with Gasteiger partial charge in [-0.1, -0.05) is 25.5 Å². The molecule has 0 amide bonds. The van der Waals surface area contributed by atoms with E-state index in [1.165, 1.54) is 17.0 Å². The van der Waals surface area contributed by atoms with E-state index in [0.29, 0.717) is 19.4 Å². The van der Waals surface area contributed by atoms with Crippen LogP contribution in [0.3, 0.4) is 0 Å². The summed E-state index contributed by atoms with van der Waals surface area (Å²) in [6.07, 6.45) is 13.8. The molecule has 1 unspecified atom stereocenters. The molecule has 3 rings (SSSR count). The molecular formula is C32H43N3O5S. The molecule has 0 aliphatic heterocycles. The van der Waals surface area contributed by atoms with Crippen molar-refractivity contribution < 1.29 is 22.7 Å². The fourth-order valence-electron chi connectivity index (χ4n) is 4.63. The molecule has 0 fully saturated rings. The summed E-state index contributed by atoms with van der Waals surface area (Å²) in [5, 5.41) is 0. The monoisotopic (exact) mass is 581 g/mol. The Bertz CT molecular complexity index is 1260. The van der Waals surface area contributed by atoms with E-state index in [9.17, 15) is 13.2 Å². The Kier molecular flexibility index (Phi) is 13.8. The van der Waals surface area contributed by atoms with Gasteiger partial charge in [0, 0.05) is 31.3 Å². The van der Waals surface area contributed by atoms with Crippen LogP contribution >= 0.6 is 0 Å². The van der Waals surface area contributed by atoms with Gasteiger partial charge in [-0.05, 0) is 104 Å². The average Bonchev–Trinajstić information content (AvgIpc) is 3.00. The number of methoxy groups -OCH3 is 1. The van der Waals surface area contributed by atoms with E-state index in [-0.39, 0.29) is 18.7 Å². The molecular weight excluding hydrogens is 538 g/mol. The van der Waals surface area contributed by atoms with Gasteiger partial charge in [-0.15, -0.1) is 0 Å². The zero-order chi connectivity index (χ0) is 29.3. The maximum Gasteiger partial charge on any atom is 0.324 e. The average molecular weight is 582 g/mol. The van der Waals surface area contributed by atoms with Crippen molar-refractivity contribution in [3.05, 3.63) is 90.0 Å². The van der Waals surface area contributed by atoms with Gasteiger partial charge in [0.1, 0.15) is 11.8 Å². The lowest BCUT2D eigenvalue weighted by Crippen LogP contribution is -2.48. The van der Waals surface area contributed by atoms with E-state index in [1.54, 1.807) is 12.4 Å². The van der Waals surface area contributed by atoms with Crippen LogP contribution in [0.4, 0.5) is 0 Å². The Hall–Kier alpha value is -3.30. The van der Waals surface area contributed by atoms with Crippen molar-refractivity contribution in [1.82, 2.24) is 14.3 Å². The fraction of sp³-hybridized carbons (Fsp3) is 0.469. The molecule has 222 valence electrons. The van der Waals surface area contributed by atoms with E-state index in [1.807, 2.05) is 67.8 Å². The van der Waals surface area contributed by atoms with Crippen LogP contribution in [0.5, 0.6) is 5.75 Å². The Balaban J connectivity index is 1.60. The Labute approximate surface area is 245 Å². The highest BCUT2D eigenvalue weighted by Gasteiger charge is 2.35. The Morgan fingerprint density at radius 1 is 0.805 bits per heavy atom. The molecule has 1 aromatic carbocycles. The first-order valence-electron chi connectivity index (χ1n) is 14.5. The molecule has 9 heteroatoms. The molecule has 2 aromatic heterocycles. The molecule has 0 aliphatic rings. The predicted molar refractivity (Wildman–Crippen MR) is 161 cm³/mol. The minimum Gasteiger partial charge on any atom is -0.494 e. The van der Waals surface area contributed by atoms with Crippen molar-refractivity contribution in [2.24, 2.45) is 0 Å². The number of aryl methyl sites for hydroxylation is 2. The van der Waals surface area contributed by atoms with Gasteiger partial charge in [-0.3, -0.25) is 14.8 Å². The van der Waals surface area contributed by atoms with E-state index in [0.717, 1.165) is 55.4 Å². The molecule has 0 saturated heterocycles. The van der Waals surface area contributed by atoms with Crippen LogP contribution in [-0.2, 0) is 38.8 Å². The highest BCUT2D eigenvalue weighted by Crippen LogP contribution is 2.20. The number of esters is 1. The molecule has 1 atom stereocenters. The largest absolute Gasteiger partial charge is 0.494 e. The van der Waals surface area contributed by atoms with Gasteiger partial charge >= 0.3 is 5.97 Å². The third-order valence-electron chi connectivity index (χ3n) is 7.01. The summed E-state index contributed by atoms with van der Waals surface area (Å²) in [5.74, 6) is 0.208. The van der Waals surface area contributed by atoms with Gasteiger partial charge in [-0.2, -0.15) is 4.31 Å². The number of unbranched alkanes of at least 4 members (excludes halogenated alkanes) is 3. The van der Waals surface area contributed by atoms with Crippen molar-refractivity contribution in [3.63, 3.8) is 0 Å². The van der Waals surface area contributed by atoms with Crippen LogP contribution in [0.2, 0.25) is 0 Å². The van der Waals surface area contributed by atoms with Crippen LogP contribution < -0.4 is 4.74 Å². The molecule has 2 heterocycles. The number of sulfonamides is 1. The number of carbonyl (C=O) groups is 1. The van der Waals surface area contributed by atoms with E-state index >= 15 is 0 Å². The predicted octanol–water partition coefficient (Wildman–Crippen LogP) is 5.42. The number of pyridine rings is 2. The highest BCUT2D eigenvalue weighted by atomic mass is 32.2. The first kappa shape index (κ1) is 32.2. The standard InChI is InChI=1S/C32H43N3O5S/c1-3-4-25-41(37,38)35(23-7-5-9-27-15-19-33-20-16-27)31(32(36)39-2)26-29-11-13-30(14-12-29)40-24-8-6-10-28-17-21-34-22-18-28/h11-22,31H,3-10,23-26H2,1-2H3. The maximum atomic E-state index is 13.4. The van der Waals surface area contributed by atoms with Gasteiger partial charge in [-0.25, -0.2) is 8.42 Å². The summed E-state index contributed by atoms with van der Waals surface area (Å²) < 4.78 is 39.2. The van der Waals surface area contributed by atoms with Gasteiger partial charge in [0.2, 0.25) is 10.0 Å². The third-order valence-corrected chi connectivity index (χ3v) is 8.96. The molecule has 0 radical (unpaired) electrons. The maximum absolute atomic E-state index is 13.4. The second-order valence-corrected chi connectivity index (χ2v) is 12.2. The minimum absolute atomic E-state index is 0.00921. The van der Waals surface area contributed by atoms with Crippen molar-refractivity contribution in [3.8, 4) is 5.75 Å². The molecule has 8 nitrogen and oxygen atoms in total. The fourth-order valence-corrected chi connectivity index (χ4v) is 6.48. The molecule has 0 aliphatic carbocycles. The van der Waals surface area contributed by atoms with Crippen LogP contribution in [0.1, 0.15) is 62.1 Å². The first-order valence-corrected chi connectivity index (χ1v) is 16.1. The van der Waals surface area contributed by atoms with Crippen LogP contribution in [0, 0.1) is 0 Å². The lowest BCUT2D eigenvalue weighted by atomic mass is 10.0. The number of hydrogen-bond donors (Lipinski definition) is 0. The van der Waals surface area contributed by atoms with Crippen molar-refractivity contribution >= 4 is 16.0 Å². The summed E-state index contributed by atoms with van der Waals surface area (Å²) >= 11 is 0. The topological polar surface area (TPSA) is 98.7 Å². The highest BCUT2D eigenvalue weighted by molar-refractivity contribution is 7.89. The normalized spacial score (nSPS) is 12.3. The van der Waals surface area contributed by atoms with E-state index in [2.05, 4.69) is 9.97 Å². The molecule has 41 heavy (non-hydrogen) atoms. The van der Waals surface area contributed by atoms with Crippen LogP contribution in [-0.4, -0.2) is 60.7 Å². The molecule has 0 N–H and O–H groups in total. The zero-order valence-corrected chi connectivity index (χ0v) is 25.1. The summed E-state index contributed by atoms with van der Waals surface area (Å²) in [4.78, 5) is 21.0. The second-order valence-electron chi connectivity index (χ2n) is 10.1.